The topological polar surface area (TPSA) is 88.1 Å². The molecular formula is C19H20BrN3O4S. The van der Waals surface area contributed by atoms with Gasteiger partial charge in [-0.15, -0.1) is 4.40 Å². The van der Waals surface area contributed by atoms with Crippen LogP contribution in [0.15, 0.2) is 57.1 Å². The number of carbonyl (C=O) groups excluding carboxylic acids is 1. The number of rotatable bonds is 3. The molecule has 3 heterocycles. The maximum atomic E-state index is 13.2. The van der Waals surface area contributed by atoms with Crippen LogP contribution in [0, 0.1) is 0 Å². The van der Waals surface area contributed by atoms with Gasteiger partial charge in [-0.2, -0.15) is 0 Å². The number of hydrogen-bond acceptors (Lipinski definition) is 5. The van der Waals surface area contributed by atoms with Crippen molar-refractivity contribution in [1.82, 2.24) is 10.2 Å². The summed E-state index contributed by atoms with van der Waals surface area (Å²) in [6, 6.07) is 7.85. The molecule has 1 N–H and O–H groups in total. The van der Waals surface area contributed by atoms with Gasteiger partial charge in [0.15, 0.2) is 5.84 Å². The fraction of sp³-hybridized carbons (Fsp3) is 0.368. The Morgan fingerprint density at radius 2 is 2.07 bits per heavy atom. The van der Waals surface area contributed by atoms with Crippen LogP contribution in [-0.4, -0.2) is 50.6 Å². The Bertz CT molecular complexity index is 994. The zero-order valence-electron chi connectivity index (χ0n) is 15.1. The van der Waals surface area contributed by atoms with Crippen molar-refractivity contribution in [1.29, 1.82) is 0 Å². The third-order valence-electron chi connectivity index (χ3n) is 5.18. The van der Waals surface area contributed by atoms with E-state index in [4.69, 9.17) is 4.74 Å². The second kappa shape index (κ2) is 7.46. The molecule has 1 saturated heterocycles. The van der Waals surface area contributed by atoms with Crippen molar-refractivity contribution in [3.05, 3.63) is 58.2 Å². The Kier molecular flexibility index (Phi) is 5.15. The Hall–Kier alpha value is -1.97. The SMILES string of the molecule is O=C(NC1(c2cccc(Br)c2)CCOCC1)C1=CC=CN2CCS(=O)(=O)N=C12. The van der Waals surface area contributed by atoms with Gasteiger partial charge in [-0.05, 0) is 42.7 Å². The Morgan fingerprint density at radius 1 is 1.29 bits per heavy atom. The Balaban J connectivity index is 1.68. The lowest BCUT2D eigenvalue weighted by Gasteiger charge is -2.39. The molecule has 1 amide bonds. The van der Waals surface area contributed by atoms with Gasteiger partial charge in [0.2, 0.25) is 0 Å². The summed E-state index contributed by atoms with van der Waals surface area (Å²) in [7, 11) is -3.56. The van der Waals surface area contributed by atoms with E-state index in [0.717, 1.165) is 10.0 Å². The first kappa shape index (κ1) is 19.4. The number of benzene rings is 1. The van der Waals surface area contributed by atoms with E-state index >= 15 is 0 Å². The molecule has 28 heavy (non-hydrogen) atoms. The molecule has 0 unspecified atom stereocenters. The number of hydrogen-bond donors (Lipinski definition) is 1. The van der Waals surface area contributed by atoms with Gasteiger partial charge in [0, 0.05) is 30.4 Å². The molecular weight excluding hydrogens is 446 g/mol. The third-order valence-corrected chi connectivity index (χ3v) is 6.82. The highest BCUT2D eigenvalue weighted by atomic mass is 79.9. The van der Waals surface area contributed by atoms with Crippen LogP contribution in [-0.2, 0) is 25.1 Å². The summed E-state index contributed by atoms with van der Waals surface area (Å²) in [4.78, 5) is 14.9. The normalized spacial score (nSPS) is 22.7. The minimum Gasteiger partial charge on any atom is -0.381 e. The van der Waals surface area contributed by atoms with Crippen molar-refractivity contribution in [2.24, 2.45) is 4.40 Å². The number of halogens is 1. The number of nitrogens with one attached hydrogen (secondary N) is 1. The van der Waals surface area contributed by atoms with E-state index in [1.807, 2.05) is 24.3 Å². The summed E-state index contributed by atoms with van der Waals surface area (Å²) in [6.07, 6.45) is 6.35. The quantitative estimate of drug-likeness (QED) is 0.737. The van der Waals surface area contributed by atoms with Gasteiger partial charge in [-0.25, -0.2) is 8.42 Å². The van der Waals surface area contributed by atoms with Gasteiger partial charge in [0.1, 0.15) is 0 Å². The highest BCUT2D eigenvalue weighted by molar-refractivity contribution is 9.10. The lowest BCUT2D eigenvalue weighted by Crippen LogP contribution is -2.52. The molecule has 3 aliphatic rings. The van der Waals surface area contributed by atoms with E-state index in [1.54, 1.807) is 23.3 Å². The molecule has 4 rings (SSSR count). The Morgan fingerprint density at radius 3 is 2.82 bits per heavy atom. The number of amidine groups is 1. The first-order chi connectivity index (χ1) is 13.4. The maximum absolute atomic E-state index is 13.2. The molecule has 0 spiro atoms. The van der Waals surface area contributed by atoms with Gasteiger partial charge < -0.3 is 15.0 Å². The average molecular weight is 466 g/mol. The molecule has 0 aromatic heterocycles. The summed E-state index contributed by atoms with van der Waals surface area (Å²) < 4.78 is 34.2. The van der Waals surface area contributed by atoms with E-state index in [1.165, 1.54) is 0 Å². The number of fused-ring (bicyclic) bond motifs is 1. The molecule has 0 atom stereocenters. The summed E-state index contributed by atoms with van der Waals surface area (Å²) in [5, 5.41) is 3.16. The van der Waals surface area contributed by atoms with Gasteiger partial charge in [0.05, 0.1) is 16.9 Å². The van der Waals surface area contributed by atoms with E-state index in [-0.39, 0.29) is 29.6 Å². The highest BCUT2D eigenvalue weighted by Crippen LogP contribution is 2.34. The van der Waals surface area contributed by atoms with Crippen molar-refractivity contribution in [2.75, 3.05) is 25.5 Å². The smallest absolute Gasteiger partial charge is 0.256 e. The molecule has 9 heteroatoms. The molecule has 1 aromatic carbocycles. The summed E-state index contributed by atoms with van der Waals surface area (Å²) in [6.45, 7) is 1.35. The van der Waals surface area contributed by atoms with Crippen molar-refractivity contribution in [3.8, 4) is 0 Å². The van der Waals surface area contributed by atoms with Crippen LogP contribution in [0.4, 0.5) is 0 Å². The van der Waals surface area contributed by atoms with Crippen molar-refractivity contribution < 1.29 is 17.9 Å². The number of carbonyl (C=O) groups is 1. The van der Waals surface area contributed by atoms with Crippen molar-refractivity contribution in [2.45, 2.75) is 18.4 Å². The first-order valence-corrected chi connectivity index (χ1v) is 11.4. The second-order valence-electron chi connectivity index (χ2n) is 6.98. The molecule has 0 bridgehead atoms. The van der Waals surface area contributed by atoms with E-state index in [2.05, 4.69) is 25.6 Å². The number of ether oxygens (including phenoxy) is 1. The summed E-state index contributed by atoms with van der Waals surface area (Å²) >= 11 is 3.50. The van der Waals surface area contributed by atoms with E-state index < -0.39 is 15.6 Å². The van der Waals surface area contributed by atoms with E-state index in [0.29, 0.717) is 26.1 Å². The molecule has 7 nitrogen and oxygen atoms in total. The molecule has 1 fully saturated rings. The van der Waals surface area contributed by atoms with Crippen LogP contribution in [0.25, 0.3) is 0 Å². The maximum Gasteiger partial charge on any atom is 0.256 e. The predicted molar refractivity (Wildman–Crippen MR) is 109 cm³/mol. The molecule has 0 aliphatic carbocycles. The van der Waals surface area contributed by atoms with Crippen molar-refractivity contribution >= 4 is 37.7 Å². The van der Waals surface area contributed by atoms with Crippen LogP contribution in [0.3, 0.4) is 0 Å². The summed E-state index contributed by atoms with van der Waals surface area (Å²) in [5.41, 5.74) is 0.659. The summed E-state index contributed by atoms with van der Waals surface area (Å²) in [5.74, 6) is -0.218. The van der Waals surface area contributed by atoms with E-state index in [9.17, 15) is 13.2 Å². The van der Waals surface area contributed by atoms with Crippen molar-refractivity contribution in [3.63, 3.8) is 0 Å². The zero-order valence-corrected chi connectivity index (χ0v) is 17.5. The van der Waals surface area contributed by atoms with Crippen LogP contribution >= 0.6 is 15.9 Å². The largest absolute Gasteiger partial charge is 0.381 e. The fourth-order valence-electron chi connectivity index (χ4n) is 3.67. The molecule has 0 radical (unpaired) electrons. The average Bonchev–Trinajstić information content (AvgIpc) is 2.67. The minimum absolute atomic E-state index is 0.0605. The fourth-order valence-corrected chi connectivity index (χ4v) is 5.05. The van der Waals surface area contributed by atoms with Crippen LogP contribution < -0.4 is 5.32 Å². The monoisotopic (exact) mass is 465 g/mol. The number of sulfonamides is 1. The predicted octanol–water partition coefficient (Wildman–Crippen LogP) is 2.07. The third kappa shape index (κ3) is 3.78. The van der Waals surface area contributed by atoms with Crippen LogP contribution in [0.5, 0.6) is 0 Å². The van der Waals surface area contributed by atoms with Crippen LogP contribution in [0.2, 0.25) is 0 Å². The second-order valence-corrected chi connectivity index (χ2v) is 9.65. The number of amides is 1. The molecule has 0 saturated carbocycles. The molecule has 148 valence electrons. The molecule has 1 aromatic rings. The lowest BCUT2D eigenvalue weighted by molar-refractivity contribution is -0.120. The Labute approximate surface area is 172 Å². The zero-order chi connectivity index (χ0) is 19.8. The van der Waals surface area contributed by atoms with Gasteiger partial charge >= 0.3 is 0 Å². The number of nitrogens with zero attached hydrogens (tertiary/aromatic N) is 2. The van der Waals surface area contributed by atoms with Gasteiger partial charge in [-0.3, -0.25) is 4.79 Å². The first-order valence-electron chi connectivity index (χ1n) is 9.03. The minimum atomic E-state index is -3.56. The van der Waals surface area contributed by atoms with Crippen LogP contribution in [0.1, 0.15) is 18.4 Å². The van der Waals surface area contributed by atoms with Gasteiger partial charge in [0.25, 0.3) is 15.9 Å². The molecule has 3 aliphatic heterocycles. The van der Waals surface area contributed by atoms with Gasteiger partial charge in [-0.1, -0.05) is 28.1 Å². The number of allylic oxidation sites excluding steroid dienone is 2. The standard InChI is InChI=1S/C19H20BrN3O4S/c20-15-4-1-3-14(13-15)19(6-10-27-11-7-19)21-18(24)16-5-2-8-23-9-12-28(25,26)22-17(16)23/h1-5,8,13H,6-7,9-12H2,(H,21,24). The highest BCUT2D eigenvalue weighted by Gasteiger charge is 2.38. The lowest BCUT2D eigenvalue weighted by atomic mass is 9.82.